The molecule has 2 saturated heterocycles. The van der Waals surface area contributed by atoms with Gasteiger partial charge in [-0.05, 0) is 103 Å². The van der Waals surface area contributed by atoms with E-state index in [0.717, 1.165) is 45.4 Å². The maximum Gasteiger partial charge on any atom is 0.102 e. The van der Waals surface area contributed by atoms with Crippen LogP contribution in [0.25, 0.3) is 0 Å². The fraction of sp³-hybridized carbons (Fsp3) is 0.769. The second-order valence-corrected chi connectivity index (χ2v) is 10.4. The quantitative estimate of drug-likeness (QED) is 0.784. The zero-order chi connectivity index (χ0) is 20.5. The molecule has 0 spiro atoms. The lowest BCUT2D eigenvalue weighted by molar-refractivity contribution is -0.177. The molecular weight excluding hydrogens is 356 g/mol. The summed E-state index contributed by atoms with van der Waals surface area (Å²) in [7, 11) is 0. The van der Waals surface area contributed by atoms with Crippen molar-refractivity contribution in [1.82, 2.24) is 9.80 Å². The van der Waals surface area contributed by atoms with Gasteiger partial charge in [-0.3, -0.25) is 9.80 Å². The number of benzene rings is 1. The van der Waals surface area contributed by atoms with E-state index in [1.54, 1.807) is 0 Å². The molecule has 3 nitrogen and oxygen atoms in total. The van der Waals surface area contributed by atoms with Gasteiger partial charge < -0.3 is 5.11 Å². The summed E-state index contributed by atoms with van der Waals surface area (Å²) in [4.78, 5) is 5.34. The summed E-state index contributed by atoms with van der Waals surface area (Å²) in [5.74, 6) is 0. The maximum atomic E-state index is 12.7. The second-order valence-electron chi connectivity index (χ2n) is 10.4. The van der Waals surface area contributed by atoms with E-state index in [1.165, 1.54) is 61.6 Å². The molecule has 4 rings (SSSR count). The zero-order valence-electron chi connectivity index (χ0n) is 19.1. The van der Waals surface area contributed by atoms with Gasteiger partial charge in [-0.15, -0.1) is 0 Å². The molecule has 1 aliphatic carbocycles. The van der Waals surface area contributed by atoms with E-state index in [9.17, 15) is 5.11 Å². The molecule has 3 unspecified atom stereocenters. The third kappa shape index (κ3) is 4.03. The number of aliphatic hydroxyl groups is 1. The van der Waals surface area contributed by atoms with Gasteiger partial charge in [-0.2, -0.15) is 0 Å². The number of rotatable bonds is 4. The van der Waals surface area contributed by atoms with E-state index in [1.807, 2.05) is 0 Å². The van der Waals surface area contributed by atoms with Crippen molar-refractivity contribution in [2.24, 2.45) is 0 Å². The molecule has 3 atom stereocenters. The Balaban J connectivity index is 1.73. The van der Waals surface area contributed by atoms with Gasteiger partial charge in [0, 0.05) is 18.0 Å². The number of hydrogen-bond acceptors (Lipinski definition) is 3. The lowest BCUT2D eigenvalue weighted by Gasteiger charge is -2.61. The van der Waals surface area contributed by atoms with Crippen molar-refractivity contribution in [2.45, 2.75) is 102 Å². The van der Waals surface area contributed by atoms with Gasteiger partial charge >= 0.3 is 0 Å². The smallest absolute Gasteiger partial charge is 0.102 e. The fourth-order valence-corrected chi connectivity index (χ4v) is 6.58. The van der Waals surface area contributed by atoms with Gasteiger partial charge in [0.15, 0.2) is 0 Å². The van der Waals surface area contributed by atoms with Crippen molar-refractivity contribution >= 4 is 0 Å². The van der Waals surface area contributed by atoms with Gasteiger partial charge in [0.2, 0.25) is 0 Å². The van der Waals surface area contributed by atoms with Crippen molar-refractivity contribution in [3.8, 4) is 0 Å². The Hall–Kier alpha value is -0.900. The van der Waals surface area contributed by atoms with Crippen LogP contribution in [-0.2, 0) is 6.42 Å². The number of piperidine rings is 2. The predicted octanol–water partition coefficient (Wildman–Crippen LogP) is 4.86. The van der Waals surface area contributed by atoms with E-state index in [0.29, 0.717) is 0 Å². The van der Waals surface area contributed by atoms with Crippen molar-refractivity contribution in [1.29, 1.82) is 0 Å². The minimum absolute atomic E-state index is 0.135. The Bertz CT molecular complexity index is 692. The van der Waals surface area contributed by atoms with E-state index in [2.05, 4.69) is 48.8 Å². The van der Waals surface area contributed by atoms with Gasteiger partial charge in [-0.25, -0.2) is 0 Å². The third-order valence-corrected chi connectivity index (χ3v) is 8.48. The Morgan fingerprint density at radius 2 is 1.59 bits per heavy atom. The first-order chi connectivity index (χ1) is 13.9. The zero-order valence-corrected chi connectivity index (χ0v) is 19.1. The van der Waals surface area contributed by atoms with Crippen LogP contribution in [0.5, 0.6) is 0 Å². The first-order valence-corrected chi connectivity index (χ1v) is 12.2. The Morgan fingerprint density at radius 1 is 0.931 bits per heavy atom. The summed E-state index contributed by atoms with van der Waals surface area (Å²) >= 11 is 0. The molecule has 3 aliphatic rings. The van der Waals surface area contributed by atoms with Crippen LogP contribution in [0, 0.1) is 13.8 Å². The van der Waals surface area contributed by atoms with Gasteiger partial charge in [0.1, 0.15) is 5.60 Å². The highest BCUT2D eigenvalue weighted by Gasteiger charge is 2.58. The second kappa shape index (κ2) is 8.69. The minimum atomic E-state index is -0.696. The minimum Gasteiger partial charge on any atom is -0.386 e. The molecule has 0 amide bonds. The van der Waals surface area contributed by atoms with Crippen molar-refractivity contribution in [2.75, 3.05) is 26.2 Å². The van der Waals surface area contributed by atoms with Crippen LogP contribution in [0.3, 0.4) is 0 Å². The molecular formula is C26H42N2O. The Kier molecular flexibility index (Phi) is 6.39. The van der Waals surface area contributed by atoms with Crippen LogP contribution in [0.1, 0.15) is 81.4 Å². The van der Waals surface area contributed by atoms with Crippen LogP contribution < -0.4 is 0 Å². The number of nitrogens with zero attached hydrogens (tertiary/aromatic N) is 2. The summed E-state index contributed by atoms with van der Waals surface area (Å²) in [6, 6.07) is 7.05. The first kappa shape index (κ1) is 21.3. The Morgan fingerprint density at radius 3 is 2.28 bits per heavy atom. The van der Waals surface area contributed by atoms with Crippen LogP contribution in [-0.4, -0.2) is 58.3 Å². The highest BCUT2D eigenvalue weighted by atomic mass is 16.3. The van der Waals surface area contributed by atoms with E-state index in [-0.39, 0.29) is 11.6 Å². The monoisotopic (exact) mass is 398 g/mol. The molecule has 1 aromatic carbocycles. The fourth-order valence-electron chi connectivity index (χ4n) is 6.58. The van der Waals surface area contributed by atoms with Crippen molar-refractivity contribution < 1.29 is 5.11 Å². The normalized spacial score (nSPS) is 35.0. The summed E-state index contributed by atoms with van der Waals surface area (Å²) in [5, 5.41) is 12.7. The standard InChI is InChI=1S/C26H42N2O/c1-21-12-13-22(2)23(19-21)20-26(29)24(27-15-6-4-7-16-27)11-10-14-25(26,3)28-17-8-5-9-18-28/h12-13,19,24,29H,4-11,14-18,20H2,1-3H3. The Labute approximate surface area is 178 Å². The number of aryl methyl sites for hydroxylation is 2. The van der Waals surface area contributed by atoms with Crippen LogP contribution in [0.2, 0.25) is 0 Å². The number of hydrogen-bond donors (Lipinski definition) is 1. The lowest BCUT2D eigenvalue weighted by Crippen LogP contribution is -2.74. The van der Waals surface area contributed by atoms with E-state index < -0.39 is 5.60 Å². The third-order valence-electron chi connectivity index (χ3n) is 8.48. The van der Waals surface area contributed by atoms with E-state index >= 15 is 0 Å². The maximum absolute atomic E-state index is 12.7. The molecule has 1 N–H and O–H groups in total. The largest absolute Gasteiger partial charge is 0.386 e. The first-order valence-electron chi connectivity index (χ1n) is 12.2. The van der Waals surface area contributed by atoms with Crippen LogP contribution in [0.15, 0.2) is 18.2 Å². The molecule has 0 aromatic heterocycles. The SMILES string of the molecule is Cc1ccc(C)c(CC2(O)C(N3CCCCC3)CCCC2(C)N2CCCCC2)c1. The van der Waals surface area contributed by atoms with Crippen LogP contribution >= 0.6 is 0 Å². The molecule has 2 aliphatic heterocycles. The molecule has 2 heterocycles. The summed E-state index contributed by atoms with van der Waals surface area (Å²) in [5.41, 5.74) is 3.15. The van der Waals surface area contributed by atoms with Crippen molar-refractivity contribution in [3.63, 3.8) is 0 Å². The lowest BCUT2D eigenvalue weighted by atomic mass is 9.62. The molecule has 0 radical (unpaired) electrons. The molecule has 3 fully saturated rings. The van der Waals surface area contributed by atoms with E-state index in [4.69, 9.17) is 0 Å². The molecule has 1 aromatic rings. The predicted molar refractivity (Wildman–Crippen MR) is 121 cm³/mol. The highest BCUT2D eigenvalue weighted by molar-refractivity contribution is 5.33. The molecule has 162 valence electrons. The highest BCUT2D eigenvalue weighted by Crippen LogP contribution is 2.47. The molecule has 3 heteroatoms. The molecule has 1 saturated carbocycles. The van der Waals surface area contributed by atoms with Gasteiger partial charge in [0.25, 0.3) is 0 Å². The molecule has 0 bridgehead atoms. The number of likely N-dealkylation sites (tertiary alicyclic amines) is 2. The topological polar surface area (TPSA) is 26.7 Å². The van der Waals surface area contributed by atoms with Crippen molar-refractivity contribution in [3.05, 3.63) is 34.9 Å². The summed E-state index contributed by atoms with van der Waals surface area (Å²) in [6.07, 6.45) is 12.1. The summed E-state index contributed by atoms with van der Waals surface area (Å²) < 4.78 is 0. The van der Waals surface area contributed by atoms with Gasteiger partial charge in [0.05, 0.1) is 0 Å². The molecule has 29 heavy (non-hydrogen) atoms. The average molecular weight is 399 g/mol. The average Bonchev–Trinajstić information content (AvgIpc) is 2.74. The van der Waals surface area contributed by atoms with Crippen LogP contribution in [0.4, 0.5) is 0 Å². The summed E-state index contributed by atoms with van der Waals surface area (Å²) in [6.45, 7) is 11.4. The van der Waals surface area contributed by atoms with Gasteiger partial charge in [-0.1, -0.05) is 36.6 Å².